The molecule has 0 radical (unpaired) electrons. The zero-order valence-corrected chi connectivity index (χ0v) is 12.6. The summed E-state index contributed by atoms with van der Waals surface area (Å²) < 4.78 is 10.3. The Morgan fingerprint density at radius 2 is 2.00 bits per heavy atom. The summed E-state index contributed by atoms with van der Waals surface area (Å²) in [7, 11) is 1.63. The fourth-order valence-corrected chi connectivity index (χ4v) is 3.71. The molecule has 1 heterocycles. The third-order valence-corrected chi connectivity index (χ3v) is 4.75. The highest BCUT2D eigenvalue weighted by molar-refractivity contribution is 5.97. The lowest BCUT2D eigenvalue weighted by Gasteiger charge is -2.24. The largest absolute Gasteiger partial charge is 0.382 e. The first-order valence-corrected chi connectivity index (χ1v) is 7.73. The number of para-hydroxylation sites is 1. The van der Waals surface area contributed by atoms with E-state index in [0.717, 1.165) is 12.2 Å². The molecule has 1 saturated carbocycles. The van der Waals surface area contributed by atoms with E-state index in [1.165, 1.54) is 31.2 Å². The third-order valence-electron chi connectivity index (χ3n) is 4.75. The van der Waals surface area contributed by atoms with Crippen LogP contribution in [0.25, 0.3) is 0 Å². The molecule has 2 aliphatic rings. The molecular weight excluding hydrogens is 266 g/mol. The van der Waals surface area contributed by atoms with Crippen LogP contribution in [-0.2, 0) is 19.7 Å². The van der Waals surface area contributed by atoms with Gasteiger partial charge in [-0.3, -0.25) is 4.79 Å². The fourth-order valence-electron chi connectivity index (χ4n) is 3.71. The fraction of sp³-hybridized carbons (Fsp3) is 0.588. The van der Waals surface area contributed by atoms with Crippen LogP contribution in [0.5, 0.6) is 0 Å². The van der Waals surface area contributed by atoms with Crippen molar-refractivity contribution in [3.8, 4) is 0 Å². The lowest BCUT2D eigenvalue weighted by molar-refractivity contribution is -0.123. The van der Waals surface area contributed by atoms with Crippen molar-refractivity contribution < 1.29 is 14.3 Å². The summed E-state index contributed by atoms with van der Waals surface area (Å²) in [6, 6.07) is 8.36. The molecule has 1 aliphatic carbocycles. The highest BCUT2D eigenvalue weighted by atomic mass is 16.5. The van der Waals surface area contributed by atoms with Gasteiger partial charge in [0.15, 0.2) is 0 Å². The van der Waals surface area contributed by atoms with Gasteiger partial charge < -0.3 is 14.4 Å². The zero-order valence-electron chi connectivity index (χ0n) is 12.6. The number of hydrogen-bond donors (Lipinski definition) is 0. The highest BCUT2D eigenvalue weighted by Crippen LogP contribution is 2.50. The number of benzene rings is 1. The van der Waals surface area contributed by atoms with E-state index in [0.29, 0.717) is 13.2 Å². The summed E-state index contributed by atoms with van der Waals surface area (Å²) in [6.07, 6.45) is 4.91. The van der Waals surface area contributed by atoms with Crippen molar-refractivity contribution in [2.75, 3.05) is 38.4 Å². The van der Waals surface area contributed by atoms with Gasteiger partial charge in [-0.1, -0.05) is 31.0 Å². The Balaban J connectivity index is 1.74. The molecule has 4 heteroatoms. The van der Waals surface area contributed by atoms with Gasteiger partial charge in [-0.05, 0) is 24.5 Å². The minimum Gasteiger partial charge on any atom is -0.382 e. The topological polar surface area (TPSA) is 38.8 Å². The summed E-state index contributed by atoms with van der Waals surface area (Å²) in [5, 5.41) is 0. The Morgan fingerprint density at radius 1 is 1.24 bits per heavy atom. The maximum atomic E-state index is 12.5. The second-order valence-corrected chi connectivity index (χ2v) is 6.03. The molecule has 1 aromatic rings. The molecule has 1 amide bonds. The first kappa shape index (κ1) is 14.5. The van der Waals surface area contributed by atoms with E-state index in [1.54, 1.807) is 7.11 Å². The van der Waals surface area contributed by atoms with Crippen molar-refractivity contribution in [3.05, 3.63) is 29.8 Å². The van der Waals surface area contributed by atoms with Crippen LogP contribution >= 0.6 is 0 Å². The van der Waals surface area contributed by atoms with Crippen LogP contribution < -0.4 is 4.90 Å². The number of hydrogen-bond acceptors (Lipinski definition) is 3. The van der Waals surface area contributed by atoms with Gasteiger partial charge in [0.05, 0.1) is 13.2 Å². The summed E-state index contributed by atoms with van der Waals surface area (Å²) in [5.74, 6) is 0.0577. The summed E-state index contributed by atoms with van der Waals surface area (Å²) in [4.78, 5) is 14.4. The molecule has 1 fully saturated rings. The molecule has 0 bridgehead atoms. The average Bonchev–Trinajstić information content (AvgIpc) is 3.11. The van der Waals surface area contributed by atoms with Gasteiger partial charge in [0, 0.05) is 24.8 Å². The van der Waals surface area contributed by atoms with Gasteiger partial charge >= 0.3 is 0 Å². The molecule has 3 rings (SSSR count). The van der Waals surface area contributed by atoms with E-state index in [1.807, 2.05) is 11.0 Å². The molecule has 4 nitrogen and oxygen atoms in total. The van der Waals surface area contributed by atoms with E-state index >= 15 is 0 Å². The maximum absolute atomic E-state index is 12.5. The van der Waals surface area contributed by atoms with Crippen LogP contribution in [0.3, 0.4) is 0 Å². The van der Waals surface area contributed by atoms with Crippen molar-refractivity contribution in [3.63, 3.8) is 0 Å². The minimum absolute atomic E-state index is 0.0577. The van der Waals surface area contributed by atoms with E-state index in [9.17, 15) is 4.79 Å². The van der Waals surface area contributed by atoms with Crippen molar-refractivity contribution in [2.24, 2.45) is 0 Å². The van der Waals surface area contributed by atoms with Crippen LogP contribution in [0.1, 0.15) is 31.2 Å². The van der Waals surface area contributed by atoms with Crippen LogP contribution in [0.15, 0.2) is 24.3 Å². The number of nitrogens with zero attached hydrogens (tertiary/aromatic N) is 1. The molecule has 0 unspecified atom stereocenters. The van der Waals surface area contributed by atoms with Crippen LogP contribution in [0.2, 0.25) is 0 Å². The Bertz CT molecular complexity index is 509. The number of anilines is 1. The molecule has 0 N–H and O–H groups in total. The molecule has 1 aromatic carbocycles. The Morgan fingerprint density at radius 3 is 2.76 bits per heavy atom. The summed E-state index contributed by atoms with van der Waals surface area (Å²) >= 11 is 0. The van der Waals surface area contributed by atoms with E-state index in [4.69, 9.17) is 9.47 Å². The molecule has 21 heavy (non-hydrogen) atoms. The van der Waals surface area contributed by atoms with Crippen molar-refractivity contribution in [1.82, 2.24) is 0 Å². The molecule has 0 saturated heterocycles. The monoisotopic (exact) mass is 289 g/mol. The van der Waals surface area contributed by atoms with Gasteiger partial charge in [-0.15, -0.1) is 0 Å². The molecular formula is C17H23NO3. The number of carbonyl (C=O) groups excluding carboxylic acids is 1. The van der Waals surface area contributed by atoms with Gasteiger partial charge in [0.2, 0.25) is 0 Å². The predicted molar refractivity (Wildman–Crippen MR) is 81.6 cm³/mol. The predicted octanol–water partition coefficient (Wildman–Crippen LogP) is 2.51. The number of rotatable bonds is 5. The van der Waals surface area contributed by atoms with Crippen LogP contribution in [-0.4, -0.2) is 39.4 Å². The van der Waals surface area contributed by atoms with Crippen molar-refractivity contribution in [2.45, 2.75) is 31.1 Å². The summed E-state index contributed by atoms with van der Waals surface area (Å²) in [5.41, 5.74) is 2.63. The number of carbonyl (C=O) groups is 1. The first-order valence-electron chi connectivity index (χ1n) is 7.73. The number of amides is 1. The molecule has 0 atom stereocenters. The van der Waals surface area contributed by atoms with Gasteiger partial charge in [0.25, 0.3) is 5.91 Å². The van der Waals surface area contributed by atoms with Gasteiger partial charge in [0.1, 0.15) is 6.61 Å². The Labute approximate surface area is 126 Å². The molecule has 0 aromatic heterocycles. The van der Waals surface area contributed by atoms with E-state index < -0.39 is 0 Å². The molecule has 1 spiro atoms. The minimum atomic E-state index is 0.0577. The standard InChI is InChI=1S/C17H23NO3/c1-20-10-11-21-12-16(19)18-13-17(8-4-5-9-17)14-6-2-3-7-15(14)18/h2-3,6-7H,4-5,8-13H2,1H3. The zero-order chi connectivity index (χ0) is 14.7. The Kier molecular flexibility index (Phi) is 4.27. The number of fused-ring (bicyclic) bond motifs is 2. The molecule has 1 aliphatic heterocycles. The van der Waals surface area contributed by atoms with Gasteiger partial charge in [-0.2, -0.15) is 0 Å². The number of ether oxygens (including phenoxy) is 2. The highest BCUT2D eigenvalue weighted by Gasteiger charge is 2.45. The Hall–Kier alpha value is -1.39. The SMILES string of the molecule is COCCOCC(=O)N1CC2(CCCC2)c2ccccc21. The first-order chi connectivity index (χ1) is 10.3. The third kappa shape index (κ3) is 2.70. The summed E-state index contributed by atoms with van der Waals surface area (Å²) in [6.45, 7) is 1.93. The lowest BCUT2D eigenvalue weighted by atomic mass is 9.81. The second kappa shape index (κ2) is 6.16. The second-order valence-electron chi connectivity index (χ2n) is 6.03. The maximum Gasteiger partial charge on any atom is 0.253 e. The average molecular weight is 289 g/mol. The quantitative estimate of drug-likeness (QED) is 0.782. The normalized spacial score (nSPS) is 19.2. The van der Waals surface area contributed by atoms with Crippen LogP contribution in [0.4, 0.5) is 5.69 Å². The molecule has 114 valence electrons. The van der Waals surface area contributed by atoms with Crippen molar-refractivity contribution >= 4 is 11.6 Å². The van der Waals surface area contributed by atoms with E-state index in [2.05, 4.69) is 18.2 Å². The number of methoxy groups -OCH3 is 1. The smallest absolute Gasteiger partial charge is 0.253 e. The lowest BCUT2D eigenvalue weighted by Crippen LogP contribution is -2.37. The van der Waals surface area contributed by atoms with Gasteiger partial charge in [-0.25, -0.2) is 0 Å². The van der Waals surface area contributed by atoms with Crippen molar-refractivity contribution in [1.29, 1.82) is 0 Å². The van der Waals surface area contributed by atoms with E-state index in [-0.39, 0.29) is 17.9 Å². The van der Waals surface area contributed by atoms with Crippen LogP contribution in [0, 0.1) is 0 Å².